The van der Waals surface area contributed by atoms with Gasteiger partial charge in [-0.25, -0.2) is 10.1 Å². The Morgan fingerprint density at radius 3 is 1.77 bits per heavy atom. The number of carbonyl (C=O) groups is 2. The van der Waals surface area contributed by atoms with Crippen molar-refractivity contribution >= 4 is 11.9 Å². The molecule has 2 unspecified atom stereocenters. The first-order chi connectivity index (χ1) is 25.4. The van der Waals surface area contributed by atoms with Crippen molar-refractivity contribution in [3.63, 3.8) is 0 Å². The van der Waals surface area contributed by atoms with Crippen molar-refractivity contribution in [3.8, 4) is 41.8 Å². The van der Waals surface area contributed by atoms with Crippen LogP contribution >= 0.6 is 0 Å². The number of nitrogens with zero attached hydrogens (tertiary/aromatic N) is 6. The van der Waals surface area contributed by atoms with Crippen LogP contribution in [-0.2, 0) is 9.59 Å². The number of nitrogens with one attached hydrogen (secondary N) is 1. The van der Waals surface area contributed by atoms with E-state index >= 15 is 0 Å². The molecule has 2 aromatic rings. The lowest BCUT2D eigenvalue weighted by Crippen LogP contribution is -2.30. The van der Waals surface area contributed by atoms with Gasteiger partial charge in [-0.2, -0.15) is 21.0 Å². The van der Waals surface area contributed by atoms with Crippen molar-refractivity contribution in [2.45, 2.75) is 64.2 Å². The van der Waals surface area contributed by atoms with Crippen molar-refractivity contribution in [1.82, 2.24) is 5.32 Å². The van der Waals surface area contributed by atoms with Crippen LogP contribution in [0.2, 0.25) is 0 Å². The van der Waals surface area contributed by atoms with E-state index in [1.807, 2.05) is 18.2 Å². The highest BCUT2D eigenvalue weighted by molar-refractivity contribution is 5.78. The predicted molar refractivity (Wildman–Crippen MR) is 188 cm³/mol. The number of rotatable bonds is 13. The lowest BCUT2D eigenvalue weighted by molar-refractivity contribution is -0.139. The Labute approximate surface area is 303 Å². The minimum absolute atomic E-state index is 0.0511. The Balaban J connectivity index is 1.34. The zero-order chi connectivity index (χ0) is 37.3. The topological polar surface area (TPSA) is 188 Å². The SMILES string of the molecule is [C-]#[N+]/C(C#N)=C1\CC(C(=O)Oc2ccccc2)CC(NCCCCCCCC2=C(C#N)C(=C(C#N)C#N)CC(C(=O)Oc3ccccc3)C2)=C1C#N. The zero-order valence-electron chi connectivity index (χ0n) is 28.5. The van der Waals surface area contributed by atoms with Gasteiger partial charge in [0.05, 0.1) is 47.8 Å². The maximum atomic E-state index is 13.1. The van der Waals surface area contributed by atoms with Crippen LogP contribution < -0.4 is 14.8 Å². The normalized spacial score (nSPS) is 17.5. The Morgan fingerprint density at radius 1 is 0.692 bits per heavy atom. The summed E-state index contributed by atoms with van der Waals surface area (Å²) in [5, 5.41) is 51.9. The third kappa shape index (κ3) is 9.83. The van der Waals surface area contributed by atoms with Gasteiger partial charge in [0.2, 0.25) is 0 Å². The van der Waals surface area contributed by atoms with E-state index < -0.39 is 23.8 Å². The van der Waals surface area contributed by atoms with Gasteiger partial charge in [-0.3, -0.25) is 9.59 Å². The summed E-state index contributed by atoms with van der Waals surface area (Å²) in [6.45, 7) is 7.94. The molecule has 11 heteroatoms. The molecule has 0 spiro atoms. The second-order valence-corrected chi connectivity index (χ2v) is 12.3. The molecule has 1 N–H and O–H groups in total. The largest absolute Gasteiger partial charge is 0.426 e. The van der Waals surface area contributed by atoms with Gasteiger partial charge < -0.3 is 14.8 Å². The molecule has 2 aliphatic rings. The number of unbranched alkanes of at least 4 members (excludes halogenated alkanes) is 4. The molecule has 0 radical (unpaired) electrons. The molecule has 2 aliphatic carbocycles. The van der Waals surface area contributed by atoms with Crippen LogP contribution in [-0.4, -0.2) is 18.5 Å². The lowest BCUT2D eigenvalue weighted by atomic mass is 9.77. The van der Waals surface area contributed by atoms with Crippen molar-refractivity contribution < 1.29 is 19.1 Å². The third-order valence-electron chi connectivity index (χ3n) is 8.94. The van der Waals surface area contributed by atoms with E-state index in [2.05, 4.69) is 22.3 Å². The third-order valence-corrected chi connectivity index (χ3v) is 8.94. The summed E-state index contributed by atoms with van der Waals surface area (Å²) in [7, 11) is 0. The van der Waals surface area contributed by atoms with Gasteiger partial charge in [0, 0.05) is 18.7 Å². The van der Waals surface area contributed by atoms with Gasteiger partial charge in [-0.1, -0.05) is 61.2 Å². The first kappa shape index (κ1) is 37.9. The maximum absolute atomic E-state index is 13.1. The molecule has 0 bridgehead atoms. The number of hydrogen-bond acceptors (Lipinski definition) is 10. The molecule has 0 aromatic heterocycles. The highest BCUT2D eigenvalue weighted by atomic mass is 16.5. The number of ether oxygens (including phenoxy) is 2. The van der Waals surface area contributed by atoms with E-state index in [9.17, 15) is 35.9 Å². The molecule has 2 atom stereocenters. The summed E-state index contributed by atoms with van der Waals surface area (Å²) in [6, 6.07) is 27.2. The van der Waals surface area contributed by atoms with Crippen molar-refractivity contribution in [3.05, 3.63) is 117 Å². The summed E-state index contributed by atoms with van der Waals surface area (Å²) < 4.78 is 11.1. The molecule has 258 valence electrons. The van der Waals surface area contributed by atoms with Crippen LogP contribution in [0.5, 0.6) is 11.5 Å². The van der Waals surface area contributed by atoms with E-state index in [0.717, 1.165) is 37.7 Å². The first-order valence-electron chi connectivity index (χ1n) is 16.9. The Bertz CT molecular complexity index is 1870. The summed E-state index contributed by atoms with van der Waals surface area (Å²) in [4.78, 5) is 29.5. The Morgan fingerprint density at radius 2 is 1.23 bits per heavy atom. The number of esters is 2. The number of carbonyl (C=O) groups excluding carboxylic acids is 2. The standard InChI is InChI=1S/C41H35N7O4/c1-47-39(27-46)35-21-30(41(50)52-33-16-10-6-11-17-33)22-38(37(35)26-45)48-18-12-4-2-3-7-13-28-19-29(40(49)51-32-14-8-5-9-15-32)20-34(36(28)25-44)31(23-42)24-43/h5-6,8-11,14-17,29-30,48H,2-4,7,12-13,18-22H2/b39-35+. The van der Waals surface area contributed by atoms with Gasteiger partial charge in [0.15, 0.2) is 0 Å². The van der Waals surface area contributed by atoms with Crippen LogP contribution in [0, 0.1) is 75.1 Å². The summed E-state index contributed by atoms with van der Waals surface area (Å²) >= 11 is 0. The monoisotopic (exact) mass is 689 g/mol. The molecule has 2 aromatic carbocycles. The van der Waals surface area contributed by atoms with Gasteiger partial charge >= 0.3 is 11.9 Å². The van der Waals surface area contributed by atoms with Gasteiger partial charge in [-0.15, -0.1) is 0 Å². The predicted octanol–water partition coefficient (Wildman–Crippen LogP) is 7.59. The molecule has 0 saturated carbocycles. The van der Waals surface area contributed by atoms with Crippen LogP contribution in [0.1, 0.15) is 64.2 Å². The molecule has 0 heterocycles. The second kappa shape index (κ2) is 19.3. The van der Waals surface area contributed by atoms with E-state index in [1.54, 1.807) is 60.7 Å². The number of hydrogen-bond donors (Lipinski definition) is 1. The number of allylic oxidation sites excluding steroid dienone is 8. The Hall–Kier alpha value is -6.92. The van der Waals surface area contributed by atoms with Crippen LogP contribution in [0.3, 0.4) is 0 Å². The quantitative estimate of drug-likeness (QED) is 0.0721. The van der Waals surface area contributed by atoms with Gasteiger partial charge in [0.25, 0.3) is 5.70 Å². The minimum atomic E-state index is -0.681. The van der Waals surface area contributed by atoms with Gasteiger partial charge in [0.1, 0.15) is 29.2 Å². The zero-order valence-corrected chi connectivity index (χ0v) is 28.5. The fourth-order valence-electron chi connectivity index (χ4n) is 6.36. The Kier molecular flexibility index (Phi) is 14.1. The summed E-state index contributed by atoms with van der Waals surface area (Å²) in [5.74, 6) is -1.52. The first-order valence-corrected chi connectivity index (χ1v) is 16.9. The molecule has 11 nitrogen and oxygen atoms in total. The smallest absolute Gasteiger partial charge is 0.315 e. The van der Waals surface area contributed by atoms with E-state index in [1.165, 1.54) is 0 Å². The number of nitriles is 5. The van der Waals surface area contributed by atoms with Crippen molar-refractivity contribution in [2.24, 2.45) is 11.8 Å². The summed E-state index contributed by atoms with van der Waals surface area (Å²) in [5.41, 5.74) is 1.88. The van der Waals surface area contributed by atoms with E-state index in [0.29, 0.717) is 42.2 Å². The van der Waals surface area contributed by atoms with Gasteiger partial charge in [-0.05, 0) is 73.9 Å². The fourth-order valence-corrected chi connectivity index (χ4v) is 6.36. The van der Waals surface area contributed by atoms with E-state index in [-0.39, 0.29) is 47.3 Å². The molecule has 4 rings (SSSR count). The average molecular weight is 690 g/mol. The summed E-state index contributed by atoms with van der Waals surface area (Å²) in [6.07, 6.45) is 5.17. The average Bonchev–Trinajstić information content (AvgIpc) is 3.17. The van der Waals surface area contributed by atoms with E-state index in [4.69, 9.17) is 16.0 Å². The second-order valence-electron chi connectivity index (χ2n) is 12.3. The highest BCUT2D eigenvalue weighted by Gasteiger charge is 2.34. The molecule has 0 saturated heterocycles. The molecule has 0 amide bonds. The van der Waals surface area contributed by atoms with Crippen LogP contribution in [0.15, 0.2) is 105 Å². The molecule has 52 heavy (non-hydrogen) atoms. The number of para-hydroxylation sites is 2. The maximum Gasteiger partial charge on any atom is 0.315 e. The van der Waals surface area contributed by atoms with Crippen molar-refractivity contribution in [2.75, 3.05) is 6.54 Å². The minimum Gasteiger partial charge on any atom is -0.426 e. The highest BCUT2D eigenvalue weighted by Crippen LogP contribution is 2.39. The molecule has 0 fully saturated rings. The fraction of sp³-hybridized carbons (Fsp3) is 0.317. The molecule has 0 aliphatic heterocycles. The molecular formula is C41H35N7O4. The number of benzene rings is 2. The lowest BCUT2D eigenvalue weighted by Gasteiger charge is -2.27. The van der Waals surface area contributed by atoms with Crippen LogP contribution in [0.25, 0.3) is 4.85 Å². The van der Waals surface area contributed by atoms with Crippen LogP contribution in [0.4, 0.5) is 0 Å². The van der Waals surface area contributed by atoms with Crippen molar-refractivity contribution in [1.29, 1.82) is 26.3 Å². The molecular weight excluding hydrogens is 654 g/mol.